The third kappa shape index (κ3) is 4.03. The van der Waals surface area contributed by atoms with Gasteiger partial charge in [-0.2, -0.15) is 17.6 Å². The largest absolute Gasteiger partial charge is 0.430 e. The maximum Gasteiger partial charge on any atom is 0.430 e. The molecule has 1 aliphatic rings. The number of alkyl halides is 3. The lowest BCUT2D eigenvalue weighted by atomic mass is 9.89. The molecule has 1 aromatic heterocycles. The van der Waals surface area contributed by atoms with Gasteiger partial charge in [0.05, 0.1) is 5.69 Å². The molecule has 2 rings (SSSR count). The Morgan fingerprint density at radius 3 is 2.65 bits per heavy atom. The number of allylic oxidation sites excluding steroid dienone is 2. The fourth-order valence-electron chi connectivity index (χ4n) is 2.63. The Morgan fingerprint density at radius 2 is 2.15 bits per heavy atom. The van der Waals surface area contributed by atoms with Crippen LogP contribution in [-0.4, -0.2) is 49.2 Å². The van der Waals surface area contributed by atoms with Crippen LogP contribution in [0, 0.1) is 17.0 Å². The predicted molar refractivity (Wildman–Crippen MR) is 89.2 cm³/mol. The lowest BCUT2D eigenvalue weighted by molar-refractivity contribution is -0.135. The number of hydrogen-bond donors (Lipinski definition) is 2. The molecule has 0 bridgehead atoms. The summed E-state index contributed by atoms with van der Waals surface area (Å²) < 4.78 is 51.6. The summed E-state index contributed by atoms with van der Waals surface area (Å²) in [5, 5.41) is 3.07. The number of carbonyl (C=O) groups is 2. The Hall–Kier alpha value is -2.43. The van der Waals surface area contributed by atoms with Crippen LogP contribution in [0.4, 0.5) is 23.2 Å². The number of hydrogen-bond acceptors (Lipinski definition) is 5. The van der Waals surface area contributed by atoms with Crippen LogP contribution in [0.15, 0.2) is 28.2 Å². The van der Waals surface area contributed by atoms with Gasteiger partial charge in [0.1, 0.15) is 11.6 Å². The third-order valence-electron chi connectivity index (χ3n) is 3.94. The highest BCUT2D eigenvalue weighted by Gasteiger charge is 2.46. The van der Waals surface area contributed by atoms with Crippen molar-refractivity contribution in [3.8, 4) is 0 Å². The van der Waals surface area contributed by atoms with E-state index in [1.807, 2.05) is 0 Å². The summed E-state index contributed by atoms with van der Waals surface area (Å²) in [6, 6.07) is 1.33. The fraction of sp³-hybridized carbons (Fsp3) is 0.400. The fourth-order valence-corrected chi connectivity index (χ4v) is 3.20. The van der Waals surface area contributed by atoms with E-state index in [9.17, 15) is 27.2 Å². The maximum absolute atomic E-state index is 13.5. The SMILES string of the molecule is CN=C(/C=C(\N)C(F)(F)F)[C@H]1CN(C)C(=O)[C@@H]1C(=O)Nc1ccsc1F. The first-order valence-electron chi connectivity index (χ1n) is 7.36. The van der Waals surface area contributed by atoms with Gasteiger partial charge in [-0.1, -0.05) is 0 Å². The van der Waals surface area contributed by atoms with Crippen molar-refractivity contribution in [1.29, 1.82) is 0 Å². The molecule has 0 aromatic carbocycles. The second-order valence-corrected chi connectivity index (χ2v) is 6.51. The Kier molecular flexibility index (Phi) is 5.69. The Balaban J connectivity index is 2.32. The quantitative estimate of drug-likeness (QED) is 0.467. The molecule has 2 amide bonds. The van der Waals surface area contributed by atoms with Crippen LogP contribution < -0.4 is 11.1 Å². The highest BCUT2D eigenvalue weighted by Crippen LogP contribution is 2.30. The van der Waals surface area contributed by atoms with Crippen molar-refractivity contribution in [2.45, 2.75) is 6.18 Å². The van der Waals surface area contributed by atoms with Crippen LogP contribution in [0.3, 0.4) is 0 Å². The standard InChI is InChI=1S/C15H16F4N4O2S/c1-21-9(5-10(20)15(17,18)19)7-6-23(2)14(25)11(7)13(24)22-8-3-4-26-12(8)16/h3-5,7,11H,6,20H2,1-2H3,(H,22,24)/b10-5-,21-9?/t7-,11+/m1/s1. The molecular formula is C15H16F4N4O2S. The first kappa shape index (κ1) is 19.9. The monoisotopic (exact) mass is 392 g/mol. The van der Waals surface area contributed by atoms with Gasteiger partial charge in [0, 0.05) is 32.3 Å². The Labute approximate surface area is 150 Å². The number of nitrogens with two attached hydrogens (primary N) is 1. The van der Waals surface area contributed by atoms with E-state index in [1.54, 1.807) is 0 Å². The van der Waals surface area contributed by atoms with Crippen LogP contribution in [0.1, 0.15) is 0 Å². The second-order valence-electron chi connectivity index (χ2n) is 5.65. The predicted octanol–water partition coefficient (Wildman–Crippen LogP) is 2.01. The molecular weight excluding hydrogens is 376 g/mol. The van der Waals surface area contributed by atoms with Crippen LogP contribution in [0.25, 0.3) is 0 Å². The highest BCUT2D eigenvalue weighted by molar-refractivity contribution is 7.08. The number of halogens is 4. The molecule has 0 saturated carbocycles. The molecule has 1 saturated heterocycles. The van der Waals surface area contributed by atoms with Gasteiger partial charge in [-0.25, -0.2) is 0 Å². The smallest absolute Gasteiger partial charge is 0.395 e. The Bertz CT molecular complexity index is 772. The van der Waals surface area contributed by atoms with Crippen LogP contribution in [-0.2, 0) is 9.59 Å². The van der Waals surface area contributed by atoms with E-state index < -0.39 is 40.7 Å². The first-order chi connectivity index (χ1) is 12.1. The number of rotatable bonds is 4. The van der Waals surface area contributed by atoms with Gasteiger partial charge in [-0.15, -0.1) is 11.3 Å². The molecule has 6 nitrogen and oxygen atoms in total. The number of amides is 2. The minimum Gasteiger partial charge on any atom is -0.395 e. The number of anilines is 1. The van der Waals surface area contributed by atoms with Crippen molar-refractivity contribution in [3.63, 3.8) is 0 Å². The zero-order chi connectivity index (χ0) is 19.6. The van der Waals surface area contributed by atoms with E-state index >= 15 is 0 Å². The van der Waals surface area contributed by atoms with Crippen molar-refractivity contribution >= 4 is 34.6 Å². The van der Waals surface area contributed by atoms with E-state index in [2.05, 4.69) is 10.3 Å². The zero-order valence-electron chi connectivity index (χ0n) is 13.8. The van der Waals surface area contributed by atoms with Gasteiger partial charge in [0.25, 0.3) is 0 Å². The summed E-state index contributed by atoms with van der Waals surface area (Å²) in [6.07, 6.45) is -4.15. The summed E-state index contributed by atoms with van der Waals surface area (Å²) in [6.45, 7) is -0.0165. The van der Waals surface area contributed by atoms with Gasteiger partial charge >= 0.3 is 6.18 Å². The molecule has 0 radical (unpaired) electrons. The molecule has 1 aliphatic heterocycles. The molecule has 2 heterocycles. The maximum atomic E-state index is 13.5. The molecule has 0 unspecified atom stereocenters. The normalized spacial score (nSPS) is 22.1. The average molecular weight is 392 g/mol. The van der Waals surface area contributed by atoms with Gasteiger partial charge in [0.15, 0.2) is 5.13 Å². The molecule has 26 heavy (non-hydrogen) atoms. The minimum absolute atomic E-state index is 0.0165. The van der Waals surface area contributed by atoms with E-state index in [4.69, 9.17) is 5.73 Å². The lowest BCUT2D eigenvalue weighted by Crippen LogP contribution is -2.36. The molecule has 142 valence electrons. The zero-order valence-corrected chi connectivity index (χ0v) is 14.6. The highest BCUT2D eigenvalue weighted by atomic mass is 32.1. The third-order valence-corrected chi connectivity index (χ3v) is 4.64. The van der Waals surface area contributed by atoms with E-state index in [0.29, 0.717) is 6.08 Å². The van der Waals surface area contributed by atoms with Crippen molar-refractivity contribution < 1.29 is 27.2 Å². The van der Waals surface area contributed by atoms with Crippen LogP contribution >= 0.6 is 11.3 Å². The summed E-state index contributed by atoms with van der Waals surface area (Å²) in [5.74, 6) is -3.69. The van der Waals surface area contributed by atoms with Crippen molar-refractivity contribution in [2.24, 2.45) is 22.6 Å². The van der Waals surface area contributed by atoms with Crippen molar-refractivity contribution in [2.75, 3.05) is 26.0 Å². The number of aliphatic imine (C=N–C) groups is 1. The lowest BCUT2D eigenvalue weighted by Gasteiger charge is -2.17. The van der Waals surface area contributed by atoms with E-state index in [1.165, 1.54) is 30.4 Å². The number of thiophene rings is 1. The van der Waals surface area contributed by atoms with Gasteiger partial charge in [-0.3, -0.25) is 14.6 Å². The number of likely N-dealkylation sites (tertiary alicyclic amines) is 1. The van der Waals surface area contributed by atoms with Gasteiger partial charge in [-0.05, 0) is 17.5 Å². The molecule has 0 spiro atoms. The topological polar surface area (TPSA) is 87.8 Å². The second kappa shape index (κ2) is 7.44. The van der Waals surface area contributed by atoms with Crippen molar-refractivity contribution in [3.05, 3.63) is 28.4 Å². The summed E-state index contributed by atoms with van der Waals surface area (Å²) in [5.41, 5.74) is 3.41. The van der Waals surface area contributed by atoms with Gasteiger partial charge < -0.3 is 16.0 Å². The van der Waals surface area contributed by atoms with Crippen LogP contribution in [0.2, 0.25) is 0 Å². The number of nitrogens with one attached hydrogen (secondary N) is 1. The molecule has 11 heteroatoms. The van der Waals surface area contributed by atoms with E-state index in [-0.39, 0.29) is 17.9 Å². The van der Waals surface area contributed by atoms with E-state index in [0.717, 1.165) is 11.3 Å². The minimum atomic E-state index is -4.76. The molecule has 1 fully saturated rings. The summed E-state index contributed by atoms with van der Waals surface area (Å²) in [4.78, 5) is 29.8. The molecule has 0 aliphatic carbocycles. The number of nitrogens with zero attached hydrogens (tertiary/aromatic N) is 2. The average Bonchev–Trinajstić information content (AvgIpc) is 3.07. The first-order valence-corrected chi connectivity index (χ1v) is 8.24. The summed E-state index contributed by atoms with van der Waals surface area (Å²) >= 11 is 0.762. The van der Waals surface area contributed by atoms with Crippen molar-refractivity contribution in [1.82, 2.24) is 4.90 Å². The van der Waals surface area contributed by atoms with Gasteiger partial charge in [0.2, 0.25) is 11.8 Å². The number of carbonyl (C=O) groups excluding carboxylic acids is 2. The molecule has 1 aromatic rings. The van der Waals surface area contributed by atoms with Crippen LogP contribution in [0.5, 0.6) is 0 Å². The molecule has 2 atom stereocenters. The molecule has 3 N–H and O–H groups in total. The Morgan fingerprint density at radius 1 is 1.50 bits per heavy atom. The summed E-state index contributed by atoms with van der Waals surface area (Å²) in [7, 11) is 2.66.